The normalized spacial score (nSPS) is 20.9. The first kappa shape index (κ1) is 14.8. The number of amides is 1. The van der Waals surface area contributed by atoms with Gasteiger partial charge in [-0.25, -0.2) is 0 Å². The summed E-state index contributed by atoms with van der Waals surface area (Å²) in [6, 6.07) is 0.688. The van der Waals surface area contributed by atoms with E-state index in [2.05, 4.69) is 24.1 Å². The maximum Gasteiger partial charge on any atom is 0.236 e. The van der Waals surface area contributed by atoms with Crippen molar-refractivity contribution < 1.29 is 4.79 Å². The minimum absolute atomic E-state index is 0.333. The van der Waals surface area contributed by atoms with E-state index in [0.29, 0.717) is 18.5 Å². The van der Waals surface area contributed by atoms with E-state index in [1.54, 1.807) is 0 Å². The second-order valence-electron chi connectivity index (χ2n) is 6.37. The maximum atomic E-state index is 12.4. The monoisotopic (exact) mass is 267 g/mol. The lowest BCUT2D eigenvalue weighted by Gasteiger charge is -2.27. The van der Waals surface area contributed by atoms with Gasteiger partial charge in [0.1, 0.15) is 0 Å². The highest BCUT2D eigenvalue weighted by atomic mass is 16.2. The van der Waals surface area contributed by atoms with E-state index < -0.39 is 0 Å². The van der Waals surface area contributed by atoms with Crippen molar-refractivity contribution in [2.45, 2.75) is 45.6 Å². The lowest BCUT2D eigenvalue weighted by atomic mass is 10.1. The number of nitrogens with one attached hydrogen (secondary N) is 1. The zero-order chi connectivity index (χ0) is 13.7. The predicted octanol–water partition coefficient (Wildman–Crippen LogP) is 1.32. The van der Waals surface area contributed by atoms with Crippen molar-refractivity contribution in [1.29, 1.82) is 0 Å². The van der Waals surface area contributed by atoms with Crippen molar-refractivity contribution >= 4 is 5.91 Å². The van der Waals surface area contributed by atoms with Gasteiger partial charge in [0.05, 0.1) is 6.54 Å². The largest absolute Gasteiger partial charge is 0.340 e. The van der Waals surface area contributed by atoms with Gasteiger partial charge in [0.15, 0.2) is 0 Å². The van der Waals surface area contributed by atoms with Crippen LogP contribution in [0.15, 0.2) is 0 Å². The first-order valence-corrected chi connectivity index (χ1v) is 7.89. The maximum absolute atomic E-state index is 12.4. The quantitative estimate of drug-likeness (QED) is 0.788. The van der Waals surface area contributed by atoms with E-state index in [1.165, 1.54) is 19.3 Å². The smallest absolute Gasteiger partial charge is 0.236 e. The van der Waals surface area contributed by atoms with Crippen LogP contribution in [0.1, 0.15) is 39.5 Å². The molecule has 0 aromatic rings. The van der Waals surface area contributed by atoms with E-state index in [1.807, 2.05) is 4.90 Å². The number of rotatable bonds is 6. The average Bonchev–Trinajstić information content (AvgIpc) is 3.19. The fourth-order valence-electron chi connectivity index (χ4n) is 2.62. The number of hydrogen-bond acceptors (Lipinski definition) is 3. The van der Waals surface area contributed by atoms with Crippen molar-refractivity contribution in [2.75, 3.05) is 39.3 Å². The molecule has 0 bridgehead atoms. The molecule has 1 heterocycles. The van der Waals surface area contributed by atoms with Crippen LogP contribution < -0.4 is 5.32 Å². The molecule has 110 valence electrons. The Balaban J connectivity index is 1.79. The molecule has 1 saturated heterocycles. The minimum atomic E-state index is 0.333. The van der Waals surface area contributed by atoms with Crippen LogP contribution in [0.25, 0.3) is 0 Å². The standard InChI is InChI=1S/C15H29N3O/c1-13(2)6-10-18(14-4-5-14)12-15(19)17-9-3-7-16-8-11-17/h13-14,16H,3-12H2,1-2H3. The highest BCUT2D eigenvalue weighted by Gasteiger charge is 2.31. The first-order chi connectivity index (χ1) is 9.16. The molecular formula is C15H29N3O. The summed E-state index contributed by atoms with van der Waals surface area (Å²) < 4.78 is 0. The summed E-state index contributed by atoms with van der Waals surface area (Å²) in [6.45, 7) is 10.0. The molecule has 0 aromatic heterocycles. The van der Waals surface area contributed by atoms with Crippen LogP contribution in [0, 0.1) is 5.92 Å². The lowest BCUT2D eigenvalue weighted by Crippen LogP contribution is -2.43. The molecule has 1 N–H and O–H groups in total. The Labute approximate surface area is 117 Å². The molecule has 0 spiro atoms. The summed E-state index contributed by atoms with van der Waals surface area (Å²) in [5.74, 6) is 1.05. The molecule has 2 fully saturated rings. The van der Waals surface area contributed by atoms with Gasteiger partial charge in [0, 0.05) is 25.7 Å². The molecule has 1 aliphatic carbocycles. The van der Waals surface area contributed by atoms with Crippen LogP contribution in [0.5, 0.6) is 0 Å². The Kier molecular flexibility index (Phi) is 5.64. The van der Waals surface area contributed by atoms with E-state index in [-0.39, 0.29) is 0 Å². The molecule has 0 atom stereocenters. The van der Waals surface area contributed by atoms with Crippen LogP contribution in [-0.2, 0) is 4.79 Å². The molecular weight excluding hydrogens is 238 g/mol. The summed E-state index contributed by atoms with van der Waals surface area (Å²) in [6.07, 6.45) is 4.85. The second kappa shape index (κ2) is 7.25. The fourth-order valence-corrected chi connectivity index (χ4v) is 2.62. The highest BCUT2D eigenvalue weighted by Crippen LogP contribution is 2.27. The number of hydrogen-bond donors (Lipinski definition) is 1. The third kappa shape index (κ3) is 5.11. The van der Waals surface area contributed by atoms with E-state index in [9.17, 15) is 4.79 Å². The molecule has 4 heteroatoms. The van der Waals surface area contributed by atoms with Gasteiger partial charge in [0.2, 0.25) is 5.91 Å². The Bertz CT molecular complexity index is 281. The van der Waals surface area contributed by atoms with Crippen LogP contribution >= 0.6 is 0 Å². The molecule has 1 aliphatic heterocycles. The number of carbonyl (C=O) groups excluding carboxylic acids is 1. The van der Waals surface area contributed by atoms with Gasteiger partial charge in [-0.1, -0.05) is 13.8 Å². The van der Waals surface area contributed by atoms with Crippen LogP contribution in [0.3, 0.4) is 0 Å². The molecule has 19 heavy (non-hydrogen) atoms. The Morgan fingerprint density at radius 1 is 1.32 bits per heavy atom. The fraction of sp³-hybridized carbons (Fsp3) is 0.933. The second-order valence-corrected chi connectivity index (χ2v) is 6.37. The van der Waals surface area contributed by atoms with Crippen molar-refractivity contribution in [3.63, 3.8) is 0 Å². The van der Waals surface area contributed by atoms with Gasteiger partial charge < -0.3 is 10.2 Å². The molecule has 1 amide bonds. The SMILES string of the molecule is CC(C)CCN(CC(=O)N1CCCNCC1)C1CC1. The summed E-state index contributed by atoms with van der Waals surface area (Å²) in [7, 11) is 0. The van der Waals surface area contributed by atoms with Gasteiger partial charge in [-0.15, -0.1) is 0 Å². The van der Waals surface area contributed by atoms with E-state index >= 15 is 0 Å². The van der Waals surface area contributed by atoms with Crippen molar-refractivity contribution in [3.8, 4) is 0 Å². The van der Waals surface area contributed by atoms with E-state index in [4.69, 9.17) is 0 Å². The third-order valence-electron chi connectivity index (χ3n) is 4.09. The highest BCUT2D eigenvalue weighted by molar-refractivity contribution is 5.78. The van der Waals surface area contributed by atoms with Crippen LogP contribution in [0.2, 0.25) is 0 Å². The number of nitrogens with zero attached hydrogens (tertiary/aromatic N) is 2. The topological polar surface area (TPSA) is 35.6 Å². The molecule has 0 aromatic carbocycles. The summed E-state index contributed by atoms with van der Waals surface area (Å²) in [4.78, 5) is 16.9. The van der Waals surface area contributed by atoms with Gasteiger partial charge in [-0.05, 0) is 44.7 Å². The van der Waals surface area contributed by atoms with Crippen LogP contribution in [-0.4, -0.2) is 61.0 Å². The first-order valence-electron chi connectivity index (χ1n) is 7.89. The molecule has 4 nitrogen and oxygen atoms in total. The molecule has 2 aliphatic rings. The summed E-state index contributed by atoms with van der Waals surface area (Å²) in [5, 5.41) is 3.35. The van der Waals surface area contributed by atoms with Gasteiger partial charge >= 0.3 is 0 Å². The van der Waals surface area contributed by atoms with E-state index in [0.717, 1.165) is 45.1 Å². The predicted molar refractivity (Wildman–Crippen MR) is 78.1 cm³/mol. The van der Waals surface area contributed by atoms with Gasteiger partial charge in [-0.2, -0.15) is 0 Å². The molecule has 2 rings (SSSR count). The Morgan fingerprint density at radius 3 is 2.79 bits per heavy atom. The number of carbonyl (C=O) groups is 1. The summed E-state index contributed by atoms with van der Waals surface area (Å²) >= 11 is 0. The Hall–Kier alpha value is -0.610. The van der Waals surface area contributed by atoms with Crippen LogP contribution in [0.4, 0.5) is 0 Å². The Morgan fingerprint density at radius 2 is 2.11 bits per heavy atom. The minimum Gasteiger partial charge on any atom is -0.340 e. The molecule has 0 unspecified atom stereocenters. The van der Waals surface area contributed by atoms with Crippen molar-refractivity contribution in [2.24, 2.45) is 5.92 Å². The molecule has 1 saturated carbocycles. The van der Waals surface area contributed by atoms with Crippen molar-refractivity contribution in [1.82, 2.24) is 15.1 Å². The molecule has 0 radical (unpaired) electrons. The zero-order valence-electron chi connectivity index (χ0n) is 12.5. The summed E-state index contributed by atoms with van der Waals surface area (Å²) in [5.41, 5.74) is 0. The average molecular weight is 267 g/mol. The zero-order valence-corrected chi connectivity index (χ0v) is 12.5. The van der Waals surface area contributed by atoms with Gasteiger partial charge in [-0.3, -0.25) is 9.69 Å². The lowest BCUT2D eigenvalue weighted by molar-refractivity contribution is -0.132. The van der Waals surface area contributed by atoms with Crippen molar-refractivity contribution in [3.05, 3.63) is 0 Å². The van der Waals surface area contributed by atoms with Gasteiger partial charge in [0.25, 0.3) is 0 Å². The third-order valence-corrected chi connectivity index (χ3v) is 4.09.